The average molecular weight is 307 g/mol. The molecule has 0 saturated heterocycles. The lowest BCUT2D eigenvalue weighted by Gasteiger charge is -2.10. The van der Waals surface area contributed by atoms with Crippen molar-refractivity contribution in [3.63, 3.8) is 0 Å². The second-order valence-corrected chi connectivity index (χ2v) is 6.01. The number of methoxy groups -OCH3 is 1. The predicted molar refractivity (Wildman–Crippen MR) is 80.8 cm³/mol. The molecule has 21 heavy (non-hydrogen) atoms. The Kier molecular flexibility index (Phi) is 4.77. The minimum Gasteiger partial charge on any atom is -0.497 e. The van der Waals surface area contributed by atoms with Crippen LogP contribution in [0.1, 0.15) is 5.56 Å². The third-order valence-electron chi connectivity index (χ3n) is 2.90. The molecule has 0 unspecified atom stereocenters. The first-order chi connectivity index (χ1) is 10.1. The Balaban J connectivity index is 2.18. The molecule has 0 aliphatic heterocycles. The first kappa shape index (κ1) is 15.3. The molecule has 2 aromatic rings. The number of sulfonamides is 1. The van der Waals surface area contributed by atoms with Crippen LogP contribution in [0.4, 0.5) is 5.82 Å². The lowest BCUT2D eigenvalue weighted by Crippen LogP contribution is -2.24. The zero-order valence-corrected chi connectivity index (χ0v) is 12.6. The highest BCUT2D eigenvalue weighted by Gasteiger charge is 2.18. The summed E-state index contributed by atoms with van der Waals surface area (Å²) in [6.07, 6.45) is 1.53. The summed E-state index contributed by atoms with van der Waals surface area (Å²) in [6.45, 7) is 0.178. The fourth-order valence-electron chi connectivity index (χ4n) is 1.83. The highest BCUT2D eigenvalue weighted by molar-refractivity contribution is 7.89. The maximum absolute atomic E-state index is 12.3. The molecule has 1 aromatic heterocycles. The van der Waals surface area contributed by atoms with Gasteiger partial charge in [-0.3, -0.25) is 0 Å². The summed E-state index contributed by atoms with van der Waals surface area (Å²) < 4.78 is 32.3. The van der Waals surface area contributed by atoms with Crippen molar-refractivity contribution >= 4 is 15.8 Å². The number of hydrogen-bond donors (Lipinski definition) is 2. The maximum Gasteiger partial charge on any atom is 0.244 e. The number of benzene rings is 1. The summed E-state index contributed by atoms with van der Waals surface area (Å²) in [7, 11) is -0.441. The van der Waals surface area contributed by atoms with E-state index in [1.54, 1.807) is 32.4 Å². The van der Waals surface area contributed by atoms with Crippen LogP contribution >= 0.6 is 0 Å². The van der Waals surface area contributed by atoms with Gasteiger partial charge in [0.2, 0.25) is 10.0 Å². The number of nitrogens with zero attached hydrogens (tertiary/aromatic N) is 1. The van der Waals surface area contributed by atoms with E-state index in [0.29, 0.717) is 11.6 Å². The number of ether oxygens (including phenoxy) is 1. The molecule has 0 bridgehead atoms. The third-order valence-corrected chi connectivity index (χ3v) is 4.33. The molecule has 1 heterocycles. The van der Waals surface area contributed by atoms with Gasteiger partial charge in [-0.1, -0.05) is 12.1 Å². The molecule has 0 atom stereocenters. The van der Waals surface area contributed by atoms with Crippen LogP contribution in [0.2, 0.25) is 0 Å². The standard InChI is InChI=1S/C14H17N3O3S/c1-15-14-13(7-4-8-16-14)21(18,19)17-10-11-5-3-6-12(9-11)20-2/h3-9,17H,10H2,1-2H3,(H,15,16). The Hall–Kier alpha value is -2.12. The van der Waals surface area contributed by atoms with E-state index in [1.807, 2.05) is 12.1 Å². The monoisotopic (exact) mass is 307 g/mol. The first-order valence-electron chi connectivity index (χ1n) is 6.32. The van der Waals surface area contributed by atoms with Crippen LogP contribution in [0.15, 0.2) is 47.5 Å². The fraction of sp³-hybridized carbons (Fsp3) is 0.214. The largest absolute Gasteiger partial charge is 0.497 e. The average Bonchev–Trinajstić information content (AvgIpc) is 2.53. The molecule has 1 aromatic carbocycles. The molecule has 0 spiro atoms. The lowest BCUT2D eigenvalue weighted by atomic mass is 10.2. The van der Waals surface area contributed by atoms with E-state index in [0.717, 1.165) is 5.56 Å². The number of anilines is 1. The lowest BCUT2D eigenvalue weighted by molar-refractivity contribution is 0.414. The number of nitrogens with one attached hydrogen (secondary N) is 2. The zero-order valence-electron chi connectivity index (χ0n) is 11.8. The van der Waals surface area contributed by atoms with Gasteiger partial charge in [-0.2, -0.15) is 0 Å². The van der Waals surface area contributed by atoms with Gasteiger partial charge in [0.05, 0.1) is 7.11 Å². The van der Waals surface area contributed by atoms with Crippen molar-refractivity contribution in [1.82, 2.24) is 9.71 Å². The van der Waals surface area contributed by atoms with E-state index in [9.17, 15) is 8.42 Å². The van der Waals surface area contributed by atoms with Crippen molar-refractivity contribution in [2.75, 3.05) is 19.5 Å². The molecule has 0 aliphatic carbocycles. The summed E-state index contributed by atoms with van der Waals surface area (Å²) in [5, 5.41) is 2.77. The molecule has 0 aliphatic rings. The minimum atomic E-state index is -3.64. The molecule has 112 valence electrons. The van der Waals surface area contributed by atoms with Crippen LogP contribution in [0.5, 0.6) is 5.75 Å². The smallest absolute Gasteiger partial charge is 0.244 e. The van der Waals surface area contributed by atoms with Crippen LogP contribution in [-0.2, 0) is 16.6 Å². The molecule has 0 amide bonds. The normalized spacial score (nSPS) is 11.1. The number of aromatic nitrogens is 1. The Morgan fingerprint density at radius 1 is 1.24 bits per heavy atom. The summed E-state index contributed by atoms with van der Waals surface area (Å²) in [6, 6.07) is 10.3. The Bertz CT molecular complexity index is 717. The van der Waals surface area contributed by atoms with Gasteiger partial charge in [0.25, 0.3) is 0 Å². The van der Waals surface area contributed by atoms with E-state index in [1.165, 1.54) is 12.3 Å². The van der Waals surface area contributed by atoms with Gasteiger partial charge in [-0.05, 0) is 29.8 Å². The van der Waals surface area contributed by atoms with Gasteiger partial charge in [0.1, 0.15) is 16.5 Å². The topological polar surface area (TPSA) is 80.3 Å². The van der Waals surface area contributed by atoms with Crippen LogP contribution < -0.4 is 14.8 Å². The highest BCUT2D eigenvalue weighted by atomic mass is 32.2. The van der Waals surface area contributed by atoms with Gasteiger partial charge in [0, 0.05) is 19.8 Å². The van der Waals surface area contributed by atoms with Crippen LogP contribution in [-0.4, -0.2) is 27.6 Å². The molecular weight excluding hydrogens is 290 g/mol. The molecule has 2 N–H and O–H groups in total. The summed E-state index contributed by atoms with van der Waals surface area (Å²) in [5.74, 6) is 1.000. The number of pyridine rings is 1. The van der Waals surface area contributed by atoms with Crippen molar-refractivity contribution in [1.29, 1.82) is 0 Å². The van der Waals surface area contributed by atoms with E-state index in [4.69, 9.17) is 4.74 Å². The Labute approximate surface area is 124 Å². The van der Waals surface area contributed by atoms with Crippen LogP contribution in [0, 0.1) is 0 Å². The van der Waals surface area contributed by atoms with Gasteiger partial charge in [0.15, 0.2) is 0 Å². The predicted octanol–water partition coefficient (Wildman–Crippen LogP) is 1.61. The Morgan fingerprint density at radius 3 is 2.76 bits per heavy atom. The fourth-order valence-corrected chi connectivity index (χ4v) is 3.01. The van der Waals surface area contributed by atoms with E-state index >= 15 is 0 Å². The maximum atomic E-state index is 12.3. The van der Waals surface area contributed by atoms with Gasteiger partial charge in [-0.15, -0.1) is 0 Å². The highest BCUT2D eigenvalue weighted by Crippen LogP contribution is 2.18. The molecule has 0 radical (unpaired) electrons. The van der Waals surface area contributed by atoms with Crippen molar-refractivity contribution < 1.29 is 13.2 Å². The van der Waals surface area contributed by atoms with Crippen molar-refractivity contribution in [3.8, 4) is 5.75 Å². The van der Waals surface area contributed by atoms with Crippen molar-refractivity contribution in [3.05, 3.63) is 48.2 Å². The molecule has 0 saturated carbocycles. The molecular formula is C14H17N3O3S. The number of hydrogen-bond acceptors (Lipinski definition) is 5. The van der Waals surface area contributed by atoms with Gasteiger partial charge >= 0.3 is 0 Å². The van der Waals surface area contributed by atoms with E-state index < -0.39 is 10.0 Å². The van der Waals surface area contributed by atoms with Crippen LogP contribution in [0.25, 0.3) is 0 Å². The molecule has 7 heteroatoms. The second kappa shape index (κ2) is 6.55. The summed E-state index contributed by atoms with van der Waals surface area (Å²) in [4.78, 5) is 4.12. The first-order valence-corrected chi connectivity index (χ1v) is 7.80. The Morgan fingerprint density at radius 2 is 2.05 bits per heavy atom. The van der Waals surface area contributed by atoms with Crippen molar-refractivity contribution in [2.24, 2.45) is 0 Å². The zero-order chi connectivity index (χ0) is 15.3. The molecule has 0 fully saturated rings. The van der Waals surface area contributed by atoms with Crippen molar-refractivity contribution in [2.45, 2.75) is 11.4 Å². The number of rotatable bonds is 6. The van der Waals surface area contributed by atoms with E-state index in [2.05, 4.69) is 15.0 Å². The molecule has 6 nitrogen and oxygen atoms in total. The third kappa shape index (κ3) is 3.71. The summed E-state index contributed by atoms with van der Waals surface area (Å²) in [5.41, 5.74) is 0.813. The minimum absolute atomic E-state index is 0.121. The van der Waals surface area contributed by atoms with Gasteiger partial charge in [-0.25, -0.2) is 18.1 Å². The van der Waals surface area contributed by atoms with Gasteiger partial charge < -0.3 is 10.1 Å². The quantitative estimate of drug-likeness (QED) is 0.847. The summed E-state index contributed by atoms with van der Waals surface area (Å²) >= 11 is 0. The SMILES string of the molecule is CNc1ncccc1S(=O)(=O)NCc1cccc(OC)c1. The van der Waals surface area contributed by atoms with E-state index in [-0.39, 0.29) is 11.4 Å². The molecule has 2 rings (SSSR count). The van der Waals surface area contributed by atoms with Crippen LogP contribution in [0.3, 0.4) is 0 Å². The second-order valence-electron chi connectivity index (χ2n) is 4.28.